The predicted molar refractivity (Wildman–Crippen MR) is 96.9 cm³/mol. The lowest BCUT2D eigenvalue weighted by Gasteiger charge is -2.19. The maximum atomic E-state index is 11.8. The highest BCUT2D eigenvalue weighted by atomic mass is 32.1. The summed E-state index contributed by atoms with van der Waals surface area (Å²) in [5.41, 5.74) is 2.46. The van der Waals surface area contributed by atoms with Gasteiger partial charge in [0, 0.05) is 19.0 Å². The topological polar surface area (TPSA) is 46.1 Å². The molecule has 5 heteroatoms. The van der Waals surface area contributed by atoms with Gasteiger partial charge in [-0.3, -0.25) is 9.69 Å². The molecule has 1 aromatic heterocycles. The van der Waals surface area contributed by atoms with Crippen molar-refractivity contribution in [3.63, 3.8) is 0 Å². The number of aromatic nitrogens is 2. The summed E-state index contributed by atoms with van der Waals surface area (Å²) in [5, 5.41) is 9.99. The van der Waals surface area contributed by atoms with Crippen LogP contribution in [0.15, 0.2) is 24.3 Å². The molecule has 2 aromatic rings. The van der Waals surface area contributed by atoms with Crippen LogP contribution in [0.1, 0.15) is 47.1 Å². The van der Waals surface area contributed by atoms with Gasteiger partial charge in [-0.1, -0.05) is 70.2 Å². The van der Waals surface area contributed by atoms with Crippen molar-refractivity contribution < 1.29 is 4.79 Å². The summed E-state index contributed by atoms with van der Waals surface area (Å²) >= 11 is 1.46. The normalized spacial score (nSPS) is 11.8. The van der Waals surface area contributed by atoms with E-state index in [2.05, 4.69) is 69.1 Å². The molecule has 0 saturated carbocycles. The fraction of sp³-hybridized carbons (Fsp3) is 0.500. The van der Waals surface area contributed by atoms with E-state index in [4.69, 9.17) is 0 Å². The first-order valence-corrected chi connectivity index (χ1v) is 8.72. The van der Waals surface area contributed by atoms with Gasteiger partial charge in [0.1, 0.15) is 5.01 Å². The first-order valence-electron chi connectivity index (χ1n) is 7.91. The molecule has 0 radical (unpaired) electrons. The molecule has 1 heterocycles. The maximum Gasteiger partial charge on any atom is 0.225 e. The molecule has 0 bridgehead atoms. The molecular formula is C18H25N3OS. The minimum absolute atomic E-state index is 0.00415. The first kappa shape index (κ1) is 17.6. The highest BCUT2D eigenvalue weighted by molar-refractivity contribution is 7.18. The van der Waals surface area contributed by atoms with E-state index in [0.717, 1.165) is 10.6 Å². The summed E-state index contributed by atoms with van der Waals surface area (Å²) < 4.78 is 0. The summed E-state index contributed by atoms with van der Waals surface area (Å²) in [6.07, 6.45) is 0. The Morgan fingerprint density at radius 1 is 1.17 bits per heavy atom. The molecule has 0 unspecified atom stereocenters. The second-order valence-corrected chi connectivity index (χ2v) is 8.20. The second-order valence-electron chi connectivity index (χ2n) is 7.24. The Balaban J connectivity index is 2.26. The van der Waals surface area contributed by atoms with Crippen LogP contribution in [-0.4, -0.2) is 22.6 Å². The van der Waals surface area contributed by atoms with Crippen LogP contribution in [0, 0.1) is 5.92 Å². The van der Waals surface area contributed by atoms with Gasteiger partial charge in [0.15, 0.2) is 0 Å². The number of carbonyl (C=O) groups excluding carboxylic acids is 1. The van der Waals surface area contributed by atoms with E-state index >= 15 is 0 Å². The molecule has 0 N–H and O–H groups in total. The molecule has 0 aliphatic carbocycles. The number of amides is 1. The Labute approximate surface area is 142 Å². The van der Waals surface area contributed by atoms with Gasteiger partial charge in [-0.05, 0) is 16.9 Å². The van der Waals surface area contributed by atoms with Crippen LogP contribution in [-0.2, 0) is 10.2 Å². The number of hydrogen-bond donors (Lipinski definition) is 0. The lowest BCUT2D eigenvalue weighted by atomic mass is 9.87. The Bertz CT molecular complexity index is 668. The first-order chi connectivity index (χ1) is 10.7. The molecule has 4 nitrogen and oxygen atoms in total. The number of carbonyl (C=O) groups is 1. The van der Waals surface area contributed by atoms with Gasteiger partial charge < -0.3 is 0 Å². The van der Waals surface area contributed by atoms with Crippen molar-refractivity contribution in [2.24, 2.45) is 5.92 Å². The van der Waals surface area contributed by atoms with Gasteiger partial charge in [-0.25, -0.2) is 0 Å². The van der Waals surface area contributed by atoms with E-state index < -0.39 is 0 Å². The molecule has 124 valence electrons. The zero-order chi connectivity index (χ0) is 17.2. The van der Waals surface area contributed by atoms with Crippen LogP contribution >= 0.6 is 11.3 Å². The van der Waals surface area contributed by atoms with Crippen LogP contribution in [0.4, 0.5) is 5.13 Å². The van der Waals surface area contributed by atoms with Crippen molar-refractivity contribution in [1.82, 2.24) is 10.2 Å². The molecule has 0 aliphatic rings. The van der Waals surface area contributed by atoms with Gasteiger partial charge in [-0.15, -0.1) is 10.2 Å². The van der Waals surface area contributed by atoms with Crippen LogP contribution in [0.5, 0.6) is 0 Å². The fourth-order valence-corrected chi connectivity index (χ4v) is 3.16. The van der Waals surface area contributed by atoms with Gasteiger partial charge in [-0.2, -0.15) is 0 Å². The highest BCUT2D eigenvalue weighted by Crippen LogP contribution is 2.31. The lowest BCUT2D eigenvalue weighted by molar-refractivity contribution is -0.116. The molecule has 0 atom stereocenters. The van der Waals surface area contributed by atoms with E-state index in [0.29, 0.717) is 17.6 Å². The molecule has 0 fully saturated rings. The van der Waals surface area contributed by atoms with Crippen LogP contribution in [0.2, 0.25) is 0 Å². The zero-order valence-electron chi connectivity index (χ0n) is 14.8. The van der Waals surface area contributed by atoms with Gasteiger partial charge in [0.25, 0.3) is 0 Å². The standard InChI is InChI=1S/C18H25N3OS/c1-12(2)11-21(13(3)22)17-20-19-16(23-17)14-7-9-15(10-8-14)18(4,5)6/h7-10,12H,11H2,1-6H3. The molecule has 0 aliphatic heterocycles. The lowest BCUT2D eigenvalue weighted by Crippen LogP contribution is -2.32. The molecule has 0 saturated heterocycles. The van der Waals surface area contributed by atoms with Crippen molar-refractivity contribution in [3.8, 4) is 10.6 Å². The number of benzene rings is 1. The SMILES string of the molecule is CC(=O)N(CC(C)C)c1nnc(-c2ccc(C(C)(C)C)cc2)s1. The predicted octanol–water partition coefficient (Wildman–Crippen LogP) is 4.51. The van der Waals surface area contributed by atoms with E-state index in [1.165, 1.54) is 16.9 Å². The van der Waals surface area contributed by atoms with E-state index in [-0.39, 0.29) is 11.3 Å². The average Bonchev–Trinajstić information content (AvgIpc) is 2.93. The Kier molecular flexibility index (Phi) is 5.19. The molecular weight excluding hydrogens is 306 g/mol. The largest absolute Gasteiger partial charge is 0.287 e. The minimum Gasteiger partial charge on any atom is -0.287 e. The zero-order valence-corrected chi connectivity index (χ0v) is 15.6. The third-order valence-corrected chi connectivity index (χ3v) is 4.57. The third kappa shape index (κ3) is 4.38. The summed E-state index contributed by atoms with van der Waals surface area (Å²) in [7, 11) is 0. The van der Waals surface area contributed by atoms with Gasteiger partial charge in [0.05, 0.1) is 0 Å². The summed E-state index contributed by atoms with van der Waals surface area (Å²) in [4.78, 5) is 13.5. The second kappa shape index (κ2) is 6.79. The fourth-order valence-electron chi connectivity index (χ4n) is 2.26. The van der Waals surface area contributed by atoms with Crippen LogP contribution in [0.25, 0.3) is 10.6 Å². The number of rotatable bonds is 4. The van der Waals surface area contributed by atoms with Crippen molar-refractivity contribution >= 4 is 22.4 Å². The van der Waals surface area contributed by atoms with Gasteiger partial charge >= 0.3 is 0 Å². The Morgan fingerprint density at radius 3 is 2.26 bits per heavy atom. The number of hydrogen-bond acceptors (Lipinski definition) is 4. The quantitative estimate of drug-likeness (QED) is 0.828. The Hall–Kier alpha value is -1.75. The smallest absolute Gasteiger partial charge is 0.225 e. The van der Waals surface area contributed by atoms with Crippen LogP contribution in [0.3, 0.4) is 0 Å². The maximum absolute atomic E-state index is 11.8. The molecule has 1 aromatic carbocycles. The molecule has 0 spiro atoms. The van der Waals surface area contributed by atoms with Crippen LogP contribution < -0.4 is 4.90 Å². The number of anilines is 1. The van der Waals surface area contributed by atoms with E-state index in [1.54, 1.807) is 11.8 Å². The van der Waals surface area contributed by atoms with Crippen molar-refractivity contribution in [2.45, 2.75) is 47.0 Å². The monoisotopic (exact) mass is 331 g/mol. The third-order valence-electron chi connectivity index (χ3n) is 3.57. The summed E-state index contributed by atoms with van der Waals surface area (Å²) in [5.74, 6) is 0.391. The van der Waals surface area contributed by atoms with E-state index in [1.807, 2.05) is 0 Å². The highest BCUT2D eigenvalue weighted by Gasteiger charge is 2.19. The van der Waals surface area contributed by atoms with Crippen molar-refractivity contribution in [3.05, 3.63) is 29.8 Å². The van der Waals surface area contributed by atoms with Crippen molar-refractivity contribution in [2.75, 3.05) is 11.4 Å². The molecule has 2 rings (SSSR count). The summed E-state index contributed by atoms with van der Waals surface area (Å²) in [6, 6.07) is 8.41. The molecule has 1 amide bonds. The van der Waals surface area contributed by atoms with Gasteiger partial charge in [0.2, 0.25) is 11.0 Å². The van der Waals surface area contributed by atoms with Crippen molar-refractivity contribution in [1.29, 1.82) is 0 Å². The van der Waals surface area contributed by atoms with E-state index in [9.17, 15) is 4.79 Å². The Morgan fingerprint density at radius 2 is 1.78 bits per heavy atom. The molecule has 23 heavy (non-hydrogen) atoms. The number of nitrogens with zero attached hydrogens (tertiary/aromatic N) is 3. The minimum atomic E-state index is 0.00415. The summed E-state index contributed by atoms with van der Waals surface area (Å²) in [6.45, 7) is 13.0. The average molecular weight is 331 g/mol.